The van der Waals surface area contributed by atoms with Gasteiger partial charge in [0.1, 0.15) is 5.82 Å². The Bertz CT molecular complexity index is 306. The molecule has 1 rings (SSSR count). The van der Waals surface area contributed by atoms with Gasteiger partial charge < -0.3 is 16.2 Å². The molecule has 3 nitrogen and oxygen atoms in total. The van der Waals surface area contributed by atoms with Crippen LogP contribution in [0.4, 0.5) is 15.8 Å². The first-order valence-electron chi connectivity index (χ1n) is 3.74. The number of hydrogen-bond acceptors (Lipinski definition) is 3. The smallest absolute Gasteiger partial charge is 0.143 e. The predicted molar refractivity (Wildman–Crippen MR) is 51.4 cm³/mol. The predicted octanol–water partition coefficient (Wildman–Crippen LogP) is 1.47. The summed E-state index contributed by atoms with van der Waals surface area (Å²) in [5.41, 5.74) is 6.34. The van der Waals surface area contributed by atoms with Crippen molar-refractivity contribution in [1.82, 2.24) is 0 Å². The highest BCUT2D eigenvalue weighted by Crippen LogP contribution is 2.25. The molecule has 0 saturated heterocycles. The summed E-state index contributed by atoms with van der Waals surface area (Å²) in [5, 5.41) is 11.3. The first kappa shape index (κ1) is 10.1. The molecule has 5 heteroatoms. The van der Waals surface area contributed by atoms with Gasteiger partial charge in [-0.3, -0.25) is 0 Å². The fourth-order valence-electron chi connectivity index (χ4n) is 0.906. The van der Waals surface area contributed by atoms with Crippen molar-refractivity contribution >= 4 is 23.0 Å². The number of benzene rings is 1. The van der Waals surface area contributed by atoms with E-state index in [9.17, 15) is 4.39 Å². The minimum absolute atomic E-state index is 0.00736. The molecule has 0 spiro atoms. The Kier molecular flexibility index (Phi) is 3.33. The fourth-order valence-corrected chi connectivity index (χ4v) is 1.08. The van der Waals surface area contributed by atoms with E-state index in [2.05, 4.69) is 5.32 Å². The maximum Gasteiger partial charge on any atom is 0.143 e. The Morgan fingerprint density at radius 3 is 2.85 bits per heavy atom. The third kappa shape index (κ3) is 2.47. The second-order valence-electron chi connectivity index (χ2n) is 2.50. The van der Waals surface area contributed by atoms with Crippen molar-refractivity contribution in [2.24, 2.45) is 0 Å². The van der Waals surface area contributed by atoms with Gasteiger partial charge in [0.15, 0.2) is 0 Å². The van der Waals surface area contributed by atoms with E-state index in [0.717, 1.165) is 0 Å². The van der Waals surface area contributed by atoms with E-state index in [1.54, 1.807) is 0 Å². The number of hydrogen-bond donors (Lipinski definition) is 3. The van der Waals surface area contributed by atoms with E-state index in [1.165, 1.54) is 12.1 Å². The number of anilines is 2. The van der Waals surface area contributed by atoms with Crippen LogP contribution in [0, 0.1) is 5.82 Å². The summed E-state index contributed by atoms with van der Waals surface area (Å²) in [7, 11) is 0. The number of rotatable bonds is 3. The van der Waals surface area contributed by atoms with E-state index in [1.807, 2.05) is 0 Å². The number of aliphatic hydroxyl groups is 1. The maximum absolute atomic E-state index is 12.9. The summed E-state index contributed by atoms with van der Waals surface area (Å²) >= 11 is 5.49. The molecule has 0 unspecified atom stereocenters. The SMILES string of the molecule is Nc1cc(Cl)c(F)cc1NCCO. The van der Waals surface area contributed by atoms with Crippen LogP contribution in [0.15, 0.2) is 12.1 Å². The van der Waals surface area contributed by atoms with Crippen LogP contribution in [0.5, 0.6) is 0 Å². The van der Waals surface area contributed by atoms with Crippen LogP contribution in [0.1, 0.15) is 0 Å². The van der Waals surface area contributed by atoms with E-state index >= 15 is 0 Å². The average molecular weight is 205 g/mol. The summed E-state index contributed by atoms with van der Waals surface area (Å²) in [6.45, 7) is 0.287. The highest BCUT2D eigenvalue weighted by atomic mass is 35.5. The third-order valence-corrected chi connectivity index (χ3v) is 1.81. The van der Waals surface area contributed by atoms with Crippen LogP contribution >= 0.6 is 11.6 Å². The first-order valence-corrected chi connectivity index (χ1v) is 4.12. The van der Waals surface area contributed by atoms with Crippen LogP contribution in [-0.2, 0) is 0 Å². The Morgan fingerprint density at radius 1 is 1.54 bits per heavy atom. The zero-order chi connectivity index (χ0) is 9.84. The molecule has 0 radical (unpaired) electrons. The molecule has 0 aliphatic rings. The molecule has 72 valence electrons. The van der Waals surface area contributed by atoms with Crippen LogP contribution < -0.4 is 11.1 Å². The zero-order valence-corrected chi connectivity index (χ0v) is 7.61. The number of nitrogens with two attached hydrogens (primary N) is 1. The van der Waals surface area contributed by atoms with Gasteiger partial charge in [-0.1, -0.05) is 11.6 Å². The Hall–Kier alpha value is -1.00. The van der Waals surface area contributed by atoms with E-state index in [-0.39, 0.29) is 11.6 Å². The van der Waals surface area contributed by atoms with Gasteiger partial charge in [-0.05, 0) is 6.07 Å². The van der Waals surface area contributed by atoms with Crippen LogP contribution in [0.25, 0.3) is 0 Å². The van der Waals surface area contributed by atoms with Gasteiger partial charge in [-0.15, -0.1) is 0 Å². The molecule has 1 aromatic rings. The quantitative estimate of drug-likeness (QED) is 0.654. The summed E-state index contributed by atoms with van der Waals surface area (Å²) in [5.74, 6) is -0.531. The minimum Gasteiger partial charge on any atom is -0.397 e. The molecule has 0 aliphatic heterocycles. The van der Waals surface area contributed by atoms with Gasteiger partial charge in [-0.2, -0.15) is 0 Å². The van der Waals surface area contributed by atoms with Crippen LogP contribution in [-0.4, -0.2) is 18.3 Å². The van der Waals surface area contributed by atoms with Crippen molar-refractivity contribution in [2.75, 3.05) is 24.2 Å². The molecular formula is C8H10ClFN2O. The number of nitrogens with one attached hydrogen (secondary N) is 1. The lowest BCUT2D eigenvalue weighted by Crippen LogP contribution is -2.07. The molecule has 0 amide bonds. The molecule has 4 N–H and O–H groups in total. The highest BCUT2D eigenvalue weighted by molar-refractivity contribution is 6.31. The maximum atomic E-state index is 12.9. The first-order chi connectivity index (χ1) is 6.15. The van der Waals surface area contributed by atoms with Crippen molar-refractivity contribution in [2.45, 2.75) is 0 Å². The fraction of sp³-hybridized carbons (Fsp3) is 0.250. The molecule has 0 aromatic heterocycles. The number of nitrogen functional groups attached to an aromatic ring is 1. The topological polar surface area (TPSA) is 58.3 Å². The van der Waals surface area contributed by atoms with Gasteiger partial charge >= 0.3 is 0 Å². The van der Waals surface area contributed by atoms with Gasteiger partial charge in [0.2, 0.25) is 0 Å². The molecule has 0 atom stereocenters. The van der Waals surface area contributed by atoms with E-state index < -0.39 is 5.82 Å². The van der Waals surface area contributed by atoms with E-state index in [4.69, 9.17) is 22.4 Å². The molecule has 1 aromatic carbocycles. The van der Waals surface area contributed by atoms with Crippen LogP contribution in [0.2, 0.25) is 5.02 Å². The molecule has 0 aliphatic carbocycles. The largest absolute Gasteiger partial charge is 0.397 e. The monoisotopic (exact) mass is 204 g/mol. The van der Waals surface area contributed by atoms with Crippen molar-refractivity contribution < 1.29 is 9.50 Å². The molecule has 0 fully saturated rings. The third-order valence-electron chi connectivity index (χ3n) is 1.52. The van der Waals surface area contributed by atoms with Gasteiger partial charge in [0.25, 0.3) is 0 Å². The summed E-state index contributed by atoms with van der Waals surface area (Å²) < 4.78 is 12.9. The normalized spacial score (nSPS) is 10.1. The standard InChI is InChI=1S/C8H10ClFN2O/c9-5-3-7(11)8(4-6(5)10)12-1-2-13/h3-4,12-13H,1-2,11H2. The second kappa shape index (κ2) is 4.30. The highest BCUT2D eigenvalue weighted by Gasteiger charge is 2.04. The van der Waals surface area contributed by atoms with Crippen molar-refractivity contribution in [1.29, 1.82) is 0 Å². The van der Waals surface area contributed by atoms with Crippen molar-refractivity contribution in [3.63, 3.8) is 0 Å². The van der Waals surface area contributed by atoms with Gasteiger partial charge in [-0.25, -0.2) is 4.39 Å². The minimum atomic E-state index is -0.531. The Morgan fingerprint density at radius 2 is 2.23 bits per heavy atom. The Balaban J connectivity index is 2.88. The molecule has 0 saturated carbocycles. The lowest BCUT2D eigenvalue weighted by Gasteiger charge is -2.08. The van der Waals surface area contributed by atoms with Crippen molar-refractivity contribution in [3.05, 3.63) is 23.0 Å². The van der Waals surface area contributed by atoms with E-state index in [0.29, 0.717) is 17.9 Å². The molecule has 0 bridgehead atoms. The Labute approximate surface area is 80.3 Å². The summed E-state index contributed by atoms with van der Waals surface area (Å²) in [4.78, 5) is 0. The van der Waals surface area contributed by atoms with Crippen LogP contribution in [0.3, 0.4) is 0 Å². The van der Waals surface area contributed by atoms with Gasteiger partial charge in [0, 0.05) is 12.6 Å². The summed E-state index contributed by atoms with van der Waals surface area (Å²) in [6, 6.07) is 2.53. The molecule has 0 heterocycles. The van der Waals surface area contributed by atoms with Gasteiger partial charge in [0.05, 0.1) is 23.0 Å². The lowest BCUT2D eigenvalue weighted by atomic mass is 10.2. The number of halogens is 2. The zero-order valence-electron chi connectivity index (χ0n) is 6.85. The number of aliphatic hydroxyl groups excluding tert-OH is 1. The molecule has 13 heavy (non-hydrogen) atoms. The summed E-state index contributed by atoms with van der Waals surface area (Å²) in [6.07, 6.45) is 0. The average Bonchev–Trinajstić information content (AvgIpc) is 2.09. The molecular weight excluding hydrogens is 195 g/mol. The second-order valence-corrected chi connectivity index (χ2v) is 2.91. The lowest BCUT2D eigenvalue weighted by molar-refractivity contribution is 0.311. The van der Waals surface area contributed by atoms with Crippen molar-refractivity contribution in [3.8, 4) is 0 Å².